The van der Waals surface area contributed by atoms with E-state index in [4.69, 9.17) is 9.47 Å². The smallest absolute Gasteiger partial charge is 0.343 e. The first-order valence-electron chi connectivity index (χ1n) is 9.06. The highest BCUT2D eigenvalue weighted by molar-refractivity contribution is 7.09. The number of carbonyl (C=O) groups is 3. The second-order valence-corrected chi connectivity index (χ2v) is 6.96. The number of amides is 1. The monoisotopic (exact) mass is 404 g/mol. The Bertz CT molecular complexity index is 801. The lowest BCUT2D eigenvalue weighted by Gasteiger charge is -2.29. The van der Waals surface area contributed by atoms with Crippen molar-refractivity contribution in [1.82, 2.24) is 10.3 Å². The molecule has 1 aromatic heterocycles. The minimum atomic E-state index is -1.89. The van der Waals surface area contributed by atoms with E-state index in [9.17, 15) is 14.4 Å². The molecule has 0 saturated carbocycles. The molecule has 0 atom stereocenters. The fourth-order valence-electron chi connectivity index (χ4n) is 2.72. The maximum Gasteiger partial charge on any atom is 0.343 e. The van der Waals surface area contributed by atoms with Gasteiger partial charge in [-0.2, -0.15) is 0 Å². The maximum absolute atomic E-state index is 12.6. The lowest BCUT2D eigenvalue weighted by atomic mass is 9.93. The molecule has 2 rings (SSSR count). The van der Waals surface area contributed by atoms with Gasteiger partial charge < -0.3 is 14.8 Å². The first-order chi connectivity index (χ1) is 13.4. The maximum atomic E-state index is 12.6. The van der Waals surface area contributed by atoms with Gasteiger partial charge in [0.1, 0.15) is 0 Å². The molecule has 28 heavy (non-hydrogen) atoms. The highest BCUT2D eigenvalue weighted by Crippen LogP contribution is 2.25. The topological polar surface area (TPSA) is 94.6 Å². The number of ether oxygens (including phenoxy) is 2. The minimum absolute atomic E-state index is 0.00795. The molecule has 0 aliphatic heterocycles. The van der Waals surface area contributed by atoms with Crippen molar-refractivity contribution in [3.8, 4) is 11.3 Å². The van der Waals surface area contributed by atoms with E-state index in [1.165, 1.54) is 18.3 Å². The van der Waals surface area contributed by atoms with Gasteiger partial charge >= 0.3 is 11.9 Å². The number of rotatable bonds is 9. The van der Waals surface area contributed by atoms with Crippen molar-refractivity contribution in [2.45, 2.75) is 39.2 Å². The van der Waals surface area contributed by atoms with Gasteiger partial charge in [-0.15, -0.1) is 11.3 Å². The van der Waals surface area contributed by atoms with Crippen LogP contribution in [-0.4, -0.2) is 41.6 Å². The summed E-state index contributed by atoms with van der Waals surface area (Å²) >= 11 is 1.43. The van der Waals surface area contributed by atoms with Gasteiger partial charge in [0, 0.05) is 24.3 Å². The standard InChI is InChI=1S/C20H24N2O5S/c1-4-26-18(24)20(22-14(3)23,19(25)27-5-2)12-11-17-21-16(13-28-17)15-9-7-6-8-10-15/h6-10,13H,4-5,11-12H2,1-3H3,(H,22,23). The lowest BCUT2D eigenvalue weighted by Crippen LogP contribution is -2.61. The van der Waals surface area contributed by atoms with Crippen molar-refractivity contribution in [2.75, 3.05) is 13.2 Å². The first kappa shape index (κ1) is 21.6. The number of nitrogens with zero attached hydrogens (tertiary/aromatic N) is 1. The van der Waals surface area contributed by atoms with Crippen LogP contribution in [-0.2, 0) is 30.3 Å². The van der Waals surface area contributed by atoms with Crippen LogP contribution in [0.1, 0.15) is 32.2 Å². The Morgan fingerprint density at radius 1 is 1.07 bits per heavy atom. The van der Waals surface area contributed by atoms with Gasteiger partial charge in [-0.1, -0.05) is 30.3 Å². The van der Waals surface area contributed by atoms with Crippen LogP contribution >= 0.6 is 11.3 Å². The third kappa shape index (κ3) is 5.16. The average molecular weight is 404 g/mol. The highest BCUT2D eigenvalue weighted by atomic mass is 32.1. The van der Waals surface area contributed by atoms with E-state index in [1.54, 1.807) is 13.8 Å². The van der Waals surface area contributed by atoms with Crippen LogP contribution in [0.3, 0.4) is 0 Å². The Morgan fingerprint density at radius 2 is 1.68 bits per heavy atom. The SMILES string of the molecule is CCOC(=O)C(CCc1nc(-c2ccccc2)cs1)(NC(C)=O)C(=O)OCC. The van der Waals surface area contributed by atoms with Crippen molar-refractivity contribution in [3.63, 3.8) is 0 Å². The normalized spacial score (nSPS) is 11.0. The lowest BCUT2D eigenvalue weighted by molar-refractivity contribution is -0.168. The van der Waals surface area contributed by atoms with E-state index in [0.29, 0.717) is 6.42 Å². The molecule has 1 amide bonds. The fraction of sp³-hybridized carbons (Fsp3) is 0.400. The molecule has 0 spiro atoms. The zero-order valence-corrected chi connectivity index (χ0v) is 17.0. The van der Waals surface area contributed by atoms with Gasteiger partial charge in [0.15, 0.2) is 0 Å². The second-order valence-electron chi connectivity index (χ2n) is 6.02. The van der Waals surface area contributed by atoms with Crippen LogP contribution in [0.25, 0.3) is 11.3 Å². The molecule has 7 nitrogen and oxygen atoms in total. The Kier molecular flexibility index (Phi) is 7.69. The molecule has 1 aromatic carbocycles. The molecule has 0 radical (unpaired) electrons. The Balaban J connectivity index is 2.26. The van der Waals surface area contributed by atoms with Crippen molar-refractivity contribution in [2.24, 2.45) is 0 Å². The molecule has 8 heteroatoms. The molecule has 0 aliphatic rings. The number of aryl methyl sites for hydroxylation is 1. The number of nitrogens with one attached hydrogen (secondary N) is 1. The highest BCUT2D eigenvalue weighted by Gasteiger charge is 2.49. The van der Waals surface area contributed by atoms with Crippen LogP contribution in [0.15, 0.2) is 35.7 Å². The van der Waals surface area contributed by atoms with Gasteiger partial charge in [-0.05, 0) is 20.3 Å². The van der Waals surface area contributed by atoms with Crippen LogP contribution in [0.2, 0.25) is 0 Å². The Morgan fingerprint density at radius 3 is 2.21 bits per heavy atom. The molecule has 1 N–H and O–H groups in total. The van der Waals surface area contributed by atoms with Crippen LogP contribution in [0, 0.1) is 0 Å². The molecule has 1 heterocycles. The fourth-order valence-corrected chi connectivity index (χ4v) is 3.53. The summed E-state index contributed by atoms with van der Waals surface area (Å²) in [5.74, 6) is -2.18. The van der Waals surface area contributed by atoms with E-state index in [1.807, 2.05) is 35.7 Å². The van der Waals surface area contributed by atoms with Crippen molar-refractivity contribution in [3.05, 3.63) is 40.7 Å². The zero-order valence-electron chi connectivity index (χ0n) is 16.2. The molecule has 150 valence electrons. The molecular weight excluding hydrogens is 380 g/mol. The summed E-state index contributed by atoms with van der Waals surface area (Å²) in [5.41, 5.74) is -0.0944. The minimum Gasteiger partial charge on any atom is -0.464 e. The molecule has 2 aromatic rings. The summed E-state index contributed by atoms with van der Waals surface area (Å²) in [6.45, 7) is 4.66. The van der Waals surface area contributed by atoms with E-state index in [-0.39, 0.29) is 19.6 Å². The van der Waals surface area contributed by atoms with Gasteiger partial charge in [-0.25, -0.2) is 14.6 Å². The van der Waals surface area contributed by atoms with Gasteiger partial charge in [-0.3, -0.25) is 4.79 Å². The predicted molar refractivity (Wildman–Crippen MR) is 106 cm³/mol. The number of thiazole rings is 1. The third-order valence-electron chi connectivity index (χ3n) is 3.97. The number of hydrogen-bond donors (Lipinski definition) is 1. The summed E-state index contributed by atoms with van der Waals surface area (Å²) in [6, 6.07) is 9.70. The van der Waals surface area contributed by atoms with Crippen LogP contribution in [0.5, 0.6) is 0 Å². The van der Waals surface area contributed by atoms with E-state index in [0.717, 1.165) is 16.3 Å². The molecule has 0 fully saturated rings. The summed E-state index contributed by atoms with van der Waals surface area (Å²) < 4.78 is 10.1. The summed E-state index contributed by atoms with van der Waals surface area (Å²) in [6.07, 6.45) is 0.293. The number of aromatic nitrogens is 1. The van der Waals surface area contributed by atoms with Crippen molar-refractivity contribution < 1.29 is 23.9 Å². The van der Waals surface area contributed by atoms with Crippen molar-refractivity contribution >= 4 is 29.2 Å². The molecule has 0 unspecified atom stereocenters. The van der Waals surface area contributed by atoms with Gasteiger partial charge in [0.25, 0.3) is 0 Å². The van der Waals surface area contributed by atoms with E-state index >= 15 is 0 Å². The number of hydrogen-bond acceptors (Lipinski definition) is 7. The Labute approximate surface area is 168 Å². The average Bonchev–Trinajstić information content (AvgIpc) is 3.15. The van der Waals surface area contributed by atoms with Gasteiger partial charge in [0.05, 0.1) is 23.9 Å². The van der Waals surface area contributed by atoms with E-state index < -0.39 is 23.4 Å². The molecular formula is C20H24N2O5S. The number of benzene rings is 1. The zero-order chi connectivity index (χ0) is 20.6. The molecule has 0 saturated heterocycles. The van der Waals surface area contributed by atoms with E-state index in [2.05, 4.69) is 10.3 Å². The second kappa shape index (κ2) is 9.98. The first-order valence-corrected chi connectivity index (χ1v) is 9.94. The number of carbonyl (C=O) groups excluding carboxylic acids is 3. The quantitative estimate of drug-likeness (QED) is 0.510. The summed E-state index contributed by atoms with van der Waals surface area (Å²) in [4.78, 5) is 41.5. The molecule has 0 bridgehead atoms. The number of esters is 2. The molecule has 0 aliphatic carbocycles. The van der Waals surface area contributed by atoms with Gasteiger partial charge in [0.2, 0.25) is 11.4 Å². The largest absolute Gasteiger partial charge is 0.464 e. The van der Waals surface area contributed by atoms with Crippen molar-refractivity contribution in [1.29, 1.82) is 0 Å². The predicted octanol–water partition coefficient (Wildman–Crippen LogP) is 2.74. The third-order valence-corrected chi connectivity index (χ3v) is 4.88. The Hall–Kier alpha value is -2.74. The summed E-state index contributed by atoms with van der Waals surface area (Å²) in [5, 5.41) is 5.11. The van der Waals surface area contributed by atoms with Crippen LogP contribution < -0.4 is 5.32 Å². The summed E-state index contributed by atoms with van der Waals surface area (Å²) in [7, 11) is 0. The van der Waals surface area contributed by atoms with Crippen LogP contribution in [0.4, 0.5) is 0 Å².